The Bertz CT molecular complexity index is 664. The molecule has 0 bridgehead atoms. The smallest absolute Gasteiger partial charge is 0.408 e. The predicted molar refractivity (Wildman–Crippen MR) is 94.7 cm³/mol. The number of nitrogens with one attached hydrogen (secondary N) is 1. The number of ether oxygens (including phenoxy) is 2. The number of alkyl carbamates (subject to hydrolysis) is 1. The van der Waals surface area contributed by atoms with Crippen LogP contribution in [-0.2, 0) is 15.3 Å². The highest BCUT2D eigenvalue weighted by Gasteiger charge is 2.23. The molecular formula is C17H22N2O5S. The summed E-state index contributed by atoms with van der Waals surface area (Å²) in [7, 11) is 1.49. The van der Waals surface area contributed by atoms with Crippen LogP contribution in [0.1, 0.15) is 31.9 Å². The first kappa shape index (κ1) is 20.6. The molecule has 0 saturated carbocycles. The van der Waals surface area contributed by atoms with Gasteiger partial charge >= 0.3 is 12.1 Å². The van der Waals surface area contributed by atoms with Gasteiger partial charge in [0.1, 0.15) is 23.5 Å². The number of thioether (sulfide) groups is 1. The van der Waals surface area contributed by atoms with Crippen molar-refractivity contribution >= 4 is 23.8 Å². The zero-order valence-corrected chi connectivity index (χ0v) is 15.5. The molecular weight excluding hydrogens is 344 g/mol. The second kappa shape index (κ2) is 9.18. The maximum Gasteiger partial charge on any atom is 0.408 e. The molecule has 0 spiro atoms. The summed E-state index contributed by atoms with van der Waals surface area (Å²) < 4.78 is 10.1. The summed E-state index contributed by atoms with van der Waals surface area (Å²) >= 11 is 1.33. The van der Waals surface area contributed by atoms with Gasteiger partial charge in [-0.15, -0.1) is 0 Å². The van der Waals surface area contributed by atoms with Crippen LogP contribution < -0.4 is 10.1 Å². The van der Waals surface area contributed by atoms with Crippen molar-refractivity contribution in [3.63, 3.8) is 0 Å². The maximum absolute atomic E-state index is 11.7. The number of rotatable bonds is 7. The van der Waals surface area contributed by atoms with Crippen LogP contribution in [-0.4, -0.2) is 41.7 Å². The van der Waals surface area contributed by atoms with Crippen LogP contribution >= 0.6 is 11.8 Å². The molecule has 7 nitrogen and oxygen atoms in total. The molecule has 0 radical (unpaired) electrons. The lowest BCUT2D eigenvalue weighted by Crippen LogP contribution is -2.44. The van der Waals surface area contributed by atoms with Crippen molar-refractivity contribution in [3.8, 4) is 11.8 Å². The molecule has 1 rings (SSSR count). The number of carbonyl (C=O) groups is 2. The van der Waals surface area contributed by atoms with E-state index in [1.807, 2.05) is 6.07 Å². The number of nitrogens with zero attached hydrogens (tertiary/aromatic N) is 1. The lowest BCUT2D eigenvalue weighted by atomic mass is 10.1. The van der Waals surface area contributed by atoms with Crippen molar-refractivity contribution in [3.05, 3.63) is 29.3 Å². The maximum atomic E-state index is 11.7. The molecule has 0 aromatic heterocycles. The molecule has 1 aromatic carbocycles. The third-order valence-electron chi connectivity index (χ3n) is 2.93. The first-order chi connectivity index (χ1) is 11.7. The summed E-state index contributed by atoms with van der Waals surface area (Å²) in [5.74, 6) is 0.0260. The van der Waals surface area contributed by atoms with Crippen molar-refractivity contribution in [2.75, 3.05) is 12.9 Å². The van der Waals surface area contributed by atoms with Gasteiger partial charge < -0.3 is 19.9 Å². The van der Waals surface area contributed by atoms with Crippen molar-refractivity contribution < 1.29 is 24.2 Å². The average molecular weight is 366 g/mol. The summed E-state index contributed by atoms with van der Waals surface area (Å²) in [5, 5.41) is 20.6. The van der Waals surface area contributed by atoms with Gasteiger partial charge in [-0.25, -0.2) is 9.59 Å². The van der Waals surface area contributed by atoms with E-state index in [1.54, 1.807) is 32.9 Å². The number of nitriles is 1. The number of carboxylic acids is 1. The Labute approximate surface area is 151 Å². The van der Waals surface area contributed by atoms with Crippen molar-refractivity contribution in [2.24, 2.45) is 0 Å². The van der Waals surface area contributed by atoms with Gasteiger partial charge in [0, 0.05) is 11.5 Å². The molecule has 1 atom stereocenters. The van der Waals surface area contributed by atoms with Gasteiger partial charge in [0.15, 0.2) is 0 Å². The number of amides is 1. The van der Waals surface area contributed by atoms with E-state index in [0.717, 1.165) is 5.56 Å². The van der Waals surface area contributed by atoms with E-state index in [-0.39, 0.29) is 5.75 Å². The second-order valence-corrected chi connectivity index (χ2v) is 7.23. The number of methoxy groups -OCH3 is 1. The predicted octanol–water partition coefficient (Wildman–Crippen LogP) is 2.78. The van der Waals surface area contributed by atoms with Crippen LogP contribution in [0.3, 0.4) is 0 Å². The highest BCUT2D eigenvalue weighted by molar-refractivity contribution is 7.98. The Hall–Kier alpha value is -2.40. The largest absolute Gasteiger partial charge is 0.495 e. The monoisotopic (exact) mass is 366 g/mol. The van der Waals surface area contributed by atoms with Crippen LogP contribution in [0.15, 0.2) is 18.2 Å². The van der Waals surface area contributed by atoms with Crippen LogP contribution in [0.2, 0.25) is 0 Å². The molecule has 0 aliphatic rings. The molecule has 0 fully saturated rings. The van der Waals surface area contributed by atoms with Crippen molar-refractivity contribution in [2.45, 2.75) is 38.2 Å². The fourth-order valence-electron chi connectivity index (χ4n) is 1.85. The molecule has 25 heavy (non-hydrogen) atoms. The second-order valence-electron chi connectivity index (χ2n) is 6.20. The number of carboxylic acid groups (broad SMARTS) is 1. The zero-order chi connectivity index (χ0) is 19.0. The third kappa shape index (κ3) is 7.35. The quantitative estimate of drug-likeness (QED) is 0.763. The normalized spacial score (nSPS) is 12.0. The molecule has 2 N–H and O–H groups in total. The summed E-state index contributed by atoms with van der Waals surface area (Å²) in [5.41, 5.74) is 0.586. The average Bonchev–Trinajstić information content (AvgIpc) is 2.51. The molecule has 8 heteroatoms. The standard InChI is InChI=1S/C17H22N2O5S/c1-17(2,3)24-16(22)19-13(15(20)21)10-25-9-11-5-6-14(23-4)12(7-11)8-18/h5-7,13H,9-10H2,1-4H3,(H,19,22)(H,20,21). The van der Waals surface area contributed by atoms with Gasteiger partial charge in [-0.05, 0) is 38.5 Å². The van der Waals surface area contributed by atoms with Crippen molar-refractivity contribution in [1.82, 2.24) is 5.32 Å². The minimum absolute atomic E-state index is 0.169. The SMILES string of the molecule is COc1ccc(CSCC(NC(=O)OC(C)(C)C)C(=O)O)cc1C#N. The van der Waals surface area contributed by atoms with Gasteiger partial charge in [-0.3, -0.25) is 0 Å². The van der Waals surface area contributed by atoms with E-state index in [4.69, 9.17) is 14.7 Å². The van der Waals surface area contributed by atoms with E-state index in [0.29, 0.717) is 17.1 Å². The Morgan fingerprint density at radius 1 is 1.40 bits per heavy atom. The summed E-state index contributed by atoms with van der Waals surface area (Å²) in [6, 6.07) is 6.19. The first-order valence-corrected chi connectivity index (χ1v) is 8.69. The fourth-order valence-corrected chi connectivity index (χ4v) is 2.85. The lowest BCUT2D eigenvalue weighted by Gasteiger charge is -2.21. The minimum Gasteiger partial charge on any atom is -0.495 e. The molecule has 0 saturated heterocycles. The number of benzene rings is 1. The molecule has 1 aromatic rings. The Kier molecular flexibility index (Phi) is 7.58. The van der Waals surface area contributed by atoms with E-state index < -0.39 is 23.7 Å². The van der Waals surface area contributed by atoms with Gasteiger partial charge in [0.2, 0.25) is 0 Å². The van der Waals surface area contributed by atoms with Crippen LogP contribution in [0.4, 0.5) is 4.79 Å². The third-order valence-corrected chi connectivity index (χ3v) is 4.03. The number of hydrogen-bond acceptors (Lipinski definition) is 6. The lowest BCUT2D eigenvalue weighted by molar-refractivity contribution is -0.138. The number of hydrogen-bond donors (Lipinski definition) is 2. The summed E-state index contributed by atoms with van der Waals surface area (Å²) in [6.45, 7) is 5.11. The molecule has 1 unspecified atom stereocenters. The van der Waals surface area contributed by atoms with Gasteiger partial charge in [-0.1, -0.05) is 6.07 Å². The molecule has 136 valence electrons. The number of aliphatic carboxylic acids is 1. The Morgan fingerprint density at radius 3 is 2.60 bits per heavy atom. The van der Waals surface area contributed by atoms with E-state index in [2.05, 4.69) is 11.4 Å². The van der Waals surface area contributed by atoms with E-state index >= 15 is 0 Å². The molecule has 0 aliphatic carbocycles. The molecule has 0 aliphatic heterocycles. The molecule has 0 heterocycles. The first-order valence-electron chi connectivity index (χ1n) is 7.53. The van der Waals surface area contributed by atoms with Gasteiger partial charge in [0.05, 0.1) is 12.7 Å². The summed E-state index contributed by atoms with van der Waals surface area (Å²) in [6.07, 6.45) is -0.767. The Balaban J connectivity index is 2.60. The van der Waals surface area contributed by atoms with E-state index in [9.17, 15) is 14.7 Å². The number of carbonyl (C=O) groups excluding carboxylic acids is 1. The highest BCUT2D eigenvalue weighted by Crippen LogP contribution is 2.22. The Morgan fingerprint density at radius 2 is 2.08 bits per heavy atom. The van der Waals surface area contributed by atoms with Crippen LogP contribution in [0.25, 0.3) is 0 Å². The van der Waals surface area contributed by atoms with Gasteiger partial charge in [-0.2, -0.15) is 17.0 Å². The van der Waals surface area contributed by atoms with Crippen LogP contribution in [0, 0.1) is 11.3 Å². The zero-order valence-electron chi connectivity index (χ0n) is 14.7. The van der Waals surface area contributed by atoms with Crippen molar-refractivity contribution in [1.29, 1.82) is 5.26 Å². The summed E-state index contributed by atoms with van der Waals surface area (Å²) in [4.78, 5) is 23.0. The minimum atomic E-state index is -1.13. The van der Waals surface area contributed by atoms with Crippen LogP contribution in [0.5, 0.6) is 5.75 Å². The fraction of sp³-hybridized carbons (Fsp3) is 0.471. The topological polar surface area (TPSA) is 109 Å². The highest BCUT2D eigenvalue weighted by atomic mass is 32.2. The van der Waals surface area contributed by atoms with E-state index in [1.165, 1.54) is 18.9 Å². The van der Waals surface area contributed by atoms with Gasteiger partial charge in [0.25, 0.3) is 0 Å². The molecule has 1 amide bonds.